The number of methoxy groups -OCH3 is 1. The topological polar surface area (TPSA) is 96.9 Å². The third kappa shape index (κ3) is 12.6. The lowest BCUT2D eigenvalue weighted by Gasteiger charge is -2.06. The van der Waals surface area contributed by atoms with Gasteiger partial charge < -0.3 is 25.2 Å². The van der Waals surface area contributed by atoms with E-state index in [-0.39, 0.29) is 6.54 Å². The second-order valence-corrected chi connectivity index (χ2v) is 3.32. The molecule has 0 heterocycles. The molecule has 0 atom stereocenters. The summed E-state index contributed by atoms with van der Waals surface area (Å²) in [4.78, 5) is 21.1. The van der Waals surface area contributed by atoms with Crippen LogP contribution in [0.4, 0.5) is 4.79 Å². The van der Waals surface area contributed by atoms with E-state index in [2.05, 4.69) is 10.6 Å². The van der Waals surface area contributed by atoms with Crippen LogP contribution in [-0.4, -0.2) is 57.1 Å². The first-order valence-corrected chi connectivity index (χ1v) is 5.47. The molecule has 0 aliphatic rings. The number of aliphatic carboxylic acids is 1. The van der Waals surface area contributed by atoms with Gasteiger partial charge in [0.1, 0.15) is 6.54 Å². The number of carbonyl (C=O) groups is 2. The lowest BCUT2D eigenvalue weighted by Crippen LogP contribution is -2.38. The van der Waals surface area contributed by atoms with Gasteiger partial charge in [-0.15, -0.1) is 0 Å². The summed E-state index contributed by atoms with van der Waals surface area (Å²) in [6.45, 7) is 1.91. The maximum Gasteiger partial charge on any atom is 0.323 e. The number of carboxylic acid groups (broad SMARTS) is 1. The SMILES string of the molecule is COCCOCCCCNC(=O)NCC(=O)O. The molecule has 0 fully saturated rings. The molecule has 0 saturated carbocycles. The maximum absolute atomic E-state index is 11.0. The number of unbranched alkanes of at least 4 members (excludes halogenated alkanes) is 1. The molecule has 17 heavy (non-hydrogen) atoms. The van der Waals surface area contributed by atoms with Gasteiger partial charge in [-0.3, -0.25) is 4.79 Å². The molecule has 3 N–H and O–H groups in total. The van der Waals surface area contributed by atoms with Gasteiger partial charge in [-0.2, -0.15) is 0 Å². The van der Waals surface area contributed by atoms with Gasteiger partial charge in [0.2, 0.25) is 0 Å². The fraction of sp³-hybridized carbons (Fsp3) is 0.800. The van der Waals surface area contributed by atoms with Crippen LogP contribution in [0.3, 0.4) is 0 Å². The normalized spacial score (nSPS) is 9.94. The number of carbonyl (C=O) groups excluding carboxylic acids is 1. The van der Waals surface area contributed by atoms with Crippen molar-refractivity contribution in [2.24, 2.45) is 0 Å². The third-order valence-electron chi connectivity index (χ3n) is 1.83. The first kappa shape index (κ1) is 15.7. The Morgan fingerprint density at radius 3 is 2.53 bits per heavy atom. The second-order valence-electron chi connectivity index (χ2n) is 3.32. The van der Waals surface area contributed by atoms with E-state index in [1.807, 2.05) is 0 Å². The number of carboxylic acids is 1. The van der Waals surface area contributed by atoms with Gasteiger partial charge in [0.05, 0.1) is 13.2 Å². The van der Waals surface area contributed by atoms with Gasteiger partial charge in [0.15, 0.2) is 0 Å². The highest BCUT2D eigenvalue weighted by atomic mass is 16.5. The lowest BCUT2D eigenvalue weighted by molar-refractivity contribution is -0.135. The molecule has 7 nitrogen and oxygen atoms in total. The molecule has 0 aromatic heterocycles. The fourth-order valence-corrected chi connectivity index (χ4v) is 0.994. The van der Waals surface area contributed by atoms with Crippen molar-refractivity contribution in [3.05, 3.63) is 0 Å². The van der Waals surface area contributed by atoms with E-state index in [1.165, 1.54) is 0 Å². The van der Waals surface area contributed by atoms with Crippen LogP contribution in [-0.2, 0) is 14.3 Å². The Bertz CT molecular complexity index is 223. The van der Waals surface area contributed by atoms with Crippen molar-refractivity contribution in [3.8, 4) is 0 Å². The van der Waals surface area contributed by atoms with Gasteiger partial charge in [0.25, 0.3) is 0 Å². The number of hydrogen-bond acceptors (Lipinski definition) is 4. The molecular weight excluding hydrogens is 228 g/mol. The van der Waals surface area contributed by atoms with E-state index in [1.54, 1.807) is 7.11 Å². The maximum atomic E-state index is 11.0. The van der Waals surface area contributed by atoms with E-state index in [0.717, 1.165) is 12.8 Å². The van der Waals surface area contributed by atoms with Crippen molar-refractivity contribution in [3.63, 3.8) is 0 Å². The summed E-state index contributed by atoms with van der Waals surface area (Å²) in [5.74, 6) is -1.06. The van der Waals surface area contributed by atoms with E-state index in [9.17, 15) is 9.59 Å². The van der Waals surface area contributed by atoms with Crippen molar-refractivity contribution < 1.29 is 24.2 Å². The average molecular weight is 248 g/mol. The molecule has 0 aliphatic heterocycles. The largest absolute Gasteiger partial charge is 0.480 e. The summed E-state index contributed by atoms with van der Waals surface area (Å²) >= 11 is 0. The van der Waals surface area contributed by atoms with E-state index in [4.69, 9.17) is 14.6 Å². The Morgan fingerprint density at radius 2 is 1.88 bits per heavy atom. The molecule has 0 rings (SSSR count). The van der Waals surface area contributed by atoms with Crippen LogP contribution in [0.1, 0.15) is 12.8 Å². The van der Waals surface area contributed by atoms with Gasteiger partial charge >= 0.3 is 12.0 Å². The predicted octanol–water partition coefficient (Wildman–Crippen LogP) is -0.187. The van der Waals surface area contributed by atoms with Crippen LogP contribution >= 0.6 is 0 Å². The lowest BCUT2D eigenvalue weighted by atomic mass is 10.3. The molecule has 100 valence electrons. The van der Waals surface area contributed by atoms with Crippen LogP contribution < -0.4 is 10.6 Å². The Hall–Kier alpha value is -1.34. The molecule has 0 spiro atoms. The number of nitrogens with one attached hydrogen (secondary N) is 2. The zero-order valence-electron chi connectivity index (χ0n) is 10.0. The van der Waals surface area contributed by atoms with E-state index < -0.39 is 12.0 Å². The van der Waals surface area contributed by atoms with Crippen molar-refractivity contribution in [2.75, 3.05) is 40.0 Å². The minimum absolute atomic E-state index is 0.369. The van der Waals surface area contributed by atoms with Crippen LogP contribution in [0, 0.1) is 0 Å². The molecule has 0 aromatic carbocycles. The molecule has 0 bridgehead atoms. The van der Waals surface area contributed by atoms with Crippen molar-refractivity contribution in [1.82, 2.24) is 10.6 Å². The molecule has 0 aromatic rings. The van der Waals surface area contributed by atoms with Crippen LogP contribution in [0.2, 0.25) is 0 Å². The molecule has 0 saturated heterocycles. The highest BCUT2D eigenvalue weighted by Gasteiger charge is 2.01. The molecule has 0 aliphatic carbocycles. The summed E-state index contributed by atoms with van der Waals surface area (Å²) < 4.78 is 10.0. The van der Waals surface area contributed by atoms with E-state index >= 15 is 0 Å². The zero-order valence-corrected chi connectivity index (χ0v) is 10.0. The summed E-state index contributed by atoms with van der Waals surface area (Å²) in [5, 5.41) is 13.1. The summed E-state index contributed by atoms with van der Waals surface area (Å²) in [6.07, 6.45) is 1.62. The van der Waals surface area contributed by atoms with Gasteiger partial charge in [0, 0.05) is 20.3 Å². The minimum atomic E-state index is -1.06. The number of urea groups is 1. The van der Waals surface area contributed by atoms with Crippen LogP contribution in [0.15, 0.2) is 0 Å². The number of amides is 2. The standard InChI is InChI=1S/C10H20N2O5/c1-16-6-7-17-5-3-2-4-11-10(15)12-8-9(13)14/h2-8H2,1H3,(H,13,14)(H2,11,12,15). The first-order valence-electron chi connectivity index (χ1n) is 5.47. The first-order chi connectivity index (χ1) is 8.16. The Kier molecular flexibility index (Phi) is 10.3. The highest BCUT2D eigenvalue weighted by Crippen LogP contribution is 1.88. The average Bonchev–Trinajstić information content (AvgIpc) is 2.30. The highest BCUT2D eigenvalue weighted by molar-refractivity contribution is 5.79. The summed E-state index contributed by atoms with van der Waals surface area (Å²) in [6, 6.07) is -0.465. The Balaban J connectivity index is 3.16. The second kappa shape index (κ2) is 11.2. The Labute approximate surface area is 100 Å². The van der Waals surface area contributed by atoms with Crippen molar-refractivity contribution in [2.45, 2.75) is 12.8 Å². The van der Waals surface area contributed by atoms with Gasteiger partial charge in [-0.05, 0) is 12.8 Å². The van der Waals surface area contributed by atoms with Crippen molar-refractivity contribution in [1.29, 1.82) is 0 Å². The summed E-state index contributed by atoms with van der Waals surface area (Å²) in [5.41, 5.74) is 0. The quantitative estimate of drug-likeness (QED) is 0.466. The molecular formula is C10H20N2O5. The monoisotopic (exact) mass is 248 g/mol. The third-order valence-corrected chi connectivity index (χ3v) is 1.83. The van der Waals surface area contributed by atoms with Crippen molar-refractivity contribution >= 4 is 12.0 Å². The van der Waals surface area contributed by atoms with Gasteiger partial charge in [-0.25, -0.2) is 4.79 Å². The Morgan fingerprint density at radius 1 is 1.12 bits per heavy atom. The van der Waals surface area contributed by atoms with Gasteiger partial charge in [-0.1, -0.05) is 0 Å². The smallest absolute Gasteiger partial charge is 0.323 e. The van der Waals surface area contributed by atoms with E-state index in [0.29, 0.717) is 26.4 Å². The number of hydrogen-bond donors (Lipinski definition) is 3. The zero-order chi connectivity index (χ0) is 12.9. The number of rotatable bonds is 10. The molecule has 0 unspecified atom stereocenters. The van der Waals surface area contributed by atoms with Crippen LogP contribution in [0.5, 0.6) is 0 Å². The minimum Gasteiger partial charge on any atom is -0.480 e. The molecule has 7 heteroatoms. The summed E-state index contributed by atoms with van der Waals surface area (Å²) in [7, 11) is 1.61. The predicted molar refractivity (Wildman–Crippen MR) is 61.0 cm³/mol. The molecule has 2 amide bonds. The molecule has 0 radical (unpaired) electrons. The fourth-order valence-electron chi connectivity index (χ4n) is 0.994. The number of ether oxygens (including phenoxy) is 2. The van der Waals surface area contributed by atoms with Crippen LogP contribution in [0.25, 0.3) is 0 Å².